The van der Waals surface area contributed by atoms with E-state index in [9.17, 15) is 23.1 Å². The Morgan fingerprint density at radius 3 is 2.58 bits per heavy atom. The molecule has 1 fully saturated rings. The minimum absolute atomic E-state index is 0.0362. The van der Waals surface area contributed by atoms with E-state index in [0.717, 1.165) is 40.8 Å². The number of carbonyl (C=O) groups is 1. The Kier molecular flexibility index (Phi) is 8.94. The van der Waals surface area contributed by atoms with Crippen LogP contribution in [-0.2, 0) is 19.4 Å². The number of nitrogens with one attached hydrogen (secondary N) is 1. The van der Waals surface area contributed by atoms with E-state index < -0.39 is 23.7 Å². The quantitative estimate of drug-likeness (QED) is 0.311. The number of alkyl halides is 3. The van der Waals surface area contributed by atoms with Crippen LogP contribution in [0.1, 0.15) is 89.2 Å². The zero-order valence-corrected chi connectivity index (χ0v) is 24.5. The molecule has 0 saturated heterocycles. The highest BCUT2D eigenvalue weighted by Crippen LogP contribution is 2.53. The van der Waals surface area contributed by atoms with Gasteiger partial charge in [-0.05, 0) is 91.8 Å². The van der Waals surface area contributed by atoms with Crippen molar-refractivity contribution in [2.24, 2.45) is 5.92 Å². The molecule has 2 aliphatic carbocycles. The second kappa shape index (κ2) is 12.5. The first-order valence-corrected chi connectivity index (χ1v) is 15.1. The van der Waals surface area contributed by atoms with Crippen LogP contribution in [0.3, 0.4) is 0 Å². The second-order valence-electron chi connectivity index (χ2n) is 12.4. The van der Waals surface area contributed by atoms with Crippen molar-refractivity contribution in [1.82, 2.24) is 10.3 Å². The highest BCUT2D eigenvalue weighted by Gasteiger charge is 2.59. The number of rotatable bonds is 6. The number of carbonyl (C=O) groups excluding carboxylic acids is 1. The Morgan fingerprint density at radius 2 is 1.86 bits per heavy atom. The van der Waals surface area contributed by atoms with Gasteiger partial charge in [0.2, 0.25) is 0 Å². The van der Waals surface area contributed by atoms with E-state index in [1.165, 1.54) is 0 Å². The van der Waals surface area contributed by atoms with Crippen molar-refractivity contribution >= 4 is 5.91 Å². The predicted octanol–water partition coefficient (Wildman–Crippen LogP) is 7.56. The zero-order chi connectivity index (χ0) is 30.7. The summed E-state index contributed by atoms with van der Waals surface area (Å²) in [5.74, 6) is -0.161. The largest absolute Gasteiger partial charge is 0.390 e. The number of nitrogens with zero attached hydrogens (tertiary/aromatic N) is 2. The van der Waals surface area contributed by atoms with Gasteiger partial charge < -0.3 is 10.4 Å². The number of halogens is 3. The minimum Gasteiger partial charge on any atom is -0.390 e. The lowest BCUT2D eigenvalue weighted by molar-refractivity contribution is -0.152. The minimum atomic E-state index is -4.35. The van der Waals surface area contributed by atoms with Gasteiger partial charge in [-0.25, -0.2) is 0 Å². The summed E-state index contributed by atoms with van der Waals surface area (Å²) in [6.45, 7) is 8.46. The SMILES string of the molecule is C#[N+][C@]12CCc3cc(C(=O)NCc4cccnc4C)ccc3CC[C@@H](c3ccccc3)C1CC[C@](O)(CCC(F)(F)F)C2. The monoisotopic (exact) mass is 590 g/mol. The van der Waals surface area contributed by atoms with Gasteiger partial charge in [-0.2, -0.15) is 13.2 Å². The molecular weight excluding hydrogens is 551 g/mol. The summed E-state index contributed by atoms with van der Waals surface area (Å²) in [6, 6.07) is 19.7. The third kappa shape index (κ3) is 7.10. The van der Waals surface area contributed by atoms with E-state index in [1.54, 1.807) is 6.20 Å². The van der Waals surface area contributed by atoms with E-state index >= 15 is 0 Å². The van der Waals surface area contributed by atoms with E-state index in [0.29, 0.717) is 31.4 Å². The maximum Gasteiger partial charge on any atom is 0.389 e. The fourth-order valence-electron chi connectivity index (χ4n) is 7.31. The highest BCUT2D eigenvalue weighted by atomic mass is 19.4. The summed E-state index contributed by atoms with van der Waals surface area (Å²) in [4.78, 5) is 21.9. The maximum atomic E-state index is 13.2. The van der Waals surface area contributed by atoms with Gasteiger partial charge in [0.25, 0.3) is 18.0 Å². The average Bonchev–Trinajstić information content (AvgIpc) is 3.06. The van der Waals surface area contributed by atoms with Crippen LogP contribution in [0.4, 0.5) is 13.2 Å². The molecule has 0 bridgehead atoms. The number of aliphatic hydroxyl groups is 1. The Morgan fingerprint density at radius 1 is 1.07 bits per heavy atom. The highest BCUT2D eigenvalue weighted by molar-refractivity contribution is 5.94. The first-order chi connectivity index (χ1) is 20.5. The number of benzene rings is 2. The standard InChI is InChI=1S/C35H38F3N3O2/c1-24-29(9-6-20-40-24)22-41-32(42)28-11-10-25-12-13-30(26-7-4-3-5-8-26)31-15-16-33(43,18-19-35(36,37)38)23-34(31,39-2)17-14-27(25)21-28/h2-11,20-21,30-31,43H,12-19,22-23H2,1H3/p+1/t30-,31?,33-,34-/m0/s1. The molecule has 2 N–H and O–H groups in total. The van der Waals surface area contributed by atoms with Crippen molar-refractivity contribution in [2.75, 3.05) is 0 Å². The summed E-state index contributed by atoms with van der Waals surface area (Å²) in [5, 5.41) is 14.5. The van der Waals surface area contributed by atoms with Crippen LogP contribution >= 0.6 is 0 Å². The Hall–Kier alpha value is -3.70. The van der Waals surface area contributed by atoms with Crippen molar-refractivity contribution in [1.29, 1.82) is 0 Å². The van der Waals surface area contributed by atoms with Crippen molar-refractivity contribution < 1.29 is 23.1 Å². The Labute approximate surface area is 251 Å². The van der Waals surface area contributed by atoms with Crippen LogP contribution in [0.15, 0.2) is 66.9 Å². The van der Waals surface area contributed by atoms with Crippen LogP contribution < -0.4 is 5.32 Å². The van der Waals surface area contributed by atoms with Gasteiger partial charge in [-0.3, -0.25) is 9.78 Å². The van der Waals surface area contributed by atoms with Crippen LogP contribution in [-0.4, -0.2) is 33.3 Å². The van der Waals surface area contributed by atoms with Gasteiger partial charge in [0.05, 0.1) is 12.0 Å². The number of hydrogen-bond donors (Lipinski definition) is 2. The van der Waals surface area contributed by atoms with E-state index in [1.807, 2.05) is 55.5 Å². The summed E-state index contributed by atoms with van der Waals surface area (Å²) in [6.07, 6.45) is -0.553. The summed E-state index contributed by atoms with van der Waals surface area (Å²) in [7, 11) is 0. The molecule has 5 rings (SSSR count). The first-order valence-electron chi connectivity index (χ1n) is 15.1. The number of pyridine rings is 1. The fraction of sp³-hybridized carbons (Fsp3) is 0.457. The van der Waals surface area contributed by atoms with Crippen LogP contribution in [0.25, 0.3) is 4.85 Å². The Bertz CT molecular complexity index is 1490. The van der Waals surface area contributed by atoms with E-state index in [4.69, 9.17) is 6.57 Å². The lowest BCUT2D eigenvalue weighted by Crippen LogP contribution is -2.51. The third-order valence-electron chi connectivity index (χ3n) is 9.67. The van der Waals surface area contributed by atoms with Crippen LogP contribution in [0.2, 0.25) is 0 Å². The molecule has 1 saturated carbocycles. The Balaban J connectivity index is 1.45. The van der Waals surface area contributed by atoms with Gasteiger partial charge >= 0.3 is 6.18 Å². The number of amides is 1. The van der Waals surface area contributed by atoms with Gasteiger partial charge in [-0.15, -0.1) is 0 Å². The van der Waals surface area contributed by atoms with Gasteiger partial charge in [0, 0.05) is 42.8 Å². The molecule has 0 radical (unpaired) electrons. The molecule has 1 aromatic heterocycles. The van der Waals surface area contributed by atoms with Crippen LogP contribution in [0.5, 0.6) is 0 Å². The smallest absolute Gasteiger partial charge is 0.389 e. The van der Waals surface area contributed by atoms with Crippen molar-refractivity contribution in [3.8, 4) is 6.57 Å². The molecular formula is C35H39F3N3O2+. The lowest BCUT2D eigenvalue weighted by atomic mass is 9.59. The molecule has 0 aliphatic heterocycles. The molecule has 43 heavy (non-hydrogen) atoms. The molecule has 3 aromatic rings. The predicted molar refractivity (Wildman–Crippen MR) is 161 cm³/mol. The molecule has 5 nitrogen and oxygen atoms in total. The molecule has 0 spiro atoms. The molecule has 1 unspecified atom stereocenters. The van der Waals surface area contributed by atoms with Gasteiger partial charge in [0.1, 0.15) is 0 Å². The van der Waals surface area contributed by atoms with Crippen molar-refractivity contribution in [2.45, 2.75) is 94.5 Å². The second-order valence-corrected chi connectivity index (χ2v) is 12.4. The first kappa shape index (κ1) is 30.7. The average molecular weight is 591 g/mol. The van der Waals surface area contributed by atoms with Crippen molar-refractivity contribution in [3.05, 3.63) is 105 Å². The summed E-state index contributed by atoms with van der Waals surface area (Å²) in [5.41, 5.74) is 3.22. The van der Waals surface area contributed by atoms with Gasteiger partial charge in [-0.1, -0.05) is 47.3 Å². The normalized spacial score (nSPS) is 25.7. The fourth-order valence-corrected chi connectivity index (χ4v) is 7.31. The summed E-state index contributed by atoms with van der Waals surface area (Å²) >= 11 is 0. The zero-order valence-electron chi connectivity index (χ0n) is 24.5. The molecule has 2 aromatic carbocycles. The summed E-state index contributed by atoms with van der Waals surface area (Å²) < 4.78 is 39.6. The van der Waals surface area contributed by atoms with E-state index in [-0.39, 0.29) is 37.0 Å². The van der Waals surface area contributed by atoms with Gasteiger partial charge in [0.15, 0.2) is 0 Å². The molecule has 4 atom stereocenters. The number of fused-ring (bicyclic) bond motifs is 2. The van der Waals surface area contributed by atoms with Crippen LogP contribution in [0, 0.1) is 19.4 Å². The number of aromatic nitrogens is 1. The maximum absolute atomic E-state index is 13.2. The molecule has 226 valence electrons. The topological polar surface area (TPSA) is 66.6 Å². The molecule has 1 heterocycles. The van der Waals surface area contributed by atoms with Crippen molar-refractivity contribution in [3.63, 3.8) is 0 Å². The van der Waals surface area contributed by atoms with E-state index in [2.05, 4.69) is 27.3 Å². The molecule has 8 heteroatoms. The third-order valence-corrected chi connectivity index (χ3v) is 9.67. The number of aryl methyl sites for hydroxylation is 3. The molecule has 2 aliphatic rings. The number of hydrogen-bond acceptors (Lipinski definition) is 3. The lowest BCUT2D eigenvalue weighted by Gasteiger charge is -2.44. The molecule has 1 amide bonds.